The lowest BCUT2D eigenvalue weighted by atomic mass is 9.64. The molecule has 0 amide bonds. The topological polar surface area (TPSA) is 33.5 Å². The fourth-order valence-corrected chi connectivity index (χ4v) is 18.4. The Bertz CT molecular complexity index is 1220. The first-order valence-corrected chi connectivity index (χ1v) is 28.0. The lowest BCUT2D eigenvalue weighted by Crippen LogP contribution is -2.55. The fraction of sp³-hybridized carbons (Fsp3) is 0.982. The summed E-state index contributed by atoms with van der Waals surface area (Å²) in [7, 11) is 0. The molecule has 8 atom stereocenters. The van der Waals surface area contributed by atoms with Crippen molar-refractivity contribution in [3.05, 3.63) is 0 Å². The van der Waals surface area contributed by atoms with Crippen molar-refractivity contribution >= 4 is 0 Å². The van der Waals surface area contributed by atoms with Crippen molar-refractivity contribution in [3.8, 4) is 6.07 Å². The molecule has 1 aliphatic heterocycles. The van der Waals surface area contributed by atoms with Gasteiger partial charge in [0.25, 0.3) is 0 Å². The summed E-state index contributed by atoms with van der Waals surface area (Å²) in [4.78, 5) is 10.0. The molecule has 0 aromatic carbocycles. The SMILES string of the molecule is N#CC1CCCCC1C1CCC(C2CCC(N3C4CCC(N(C5CCCCC5)C5CCCCC5)CC4C4CC(N(C5CCCCC5)C5CCCCC5)CCC43)CC2)CC1. The second-order valence-electron chi connectivity index (χ2n) is 23.8. The molecular weight excluding hydrogens is 717 g/mol. The van der Waals surface area contributed by atoms with Gasteiger partial charge in [0.05, 0.1) is 6.07 Å². The van der Waals surface area contributed by atoms with Crippen molar-refractivity contribution in [3.63, 3.8) is 0 Å². The van der Waals surface area contributed by atoms with E-state index in [2.05, 4.69) is 20.8 Å². The van der Waals surface area contributed by atoms with Crippen LogP contribution in [0.2, 0.25) is 0 Å². The molecule has 8 unspecified atom stereocenters. The summed E-state index contributed by atoms with van der Waals surface area (Å²) in [6.45, 7) is 0. The van der Waals surface area contributed by atoms with Crippen LogP contribution in [0.3, 0.4) is 0 Å². The molecule has 0 aromatic rings. The van der Waals surface area contributed by atoms with Crippen LogP contribution in [0, 0.1) is 52.8 Å². The van der Waals surface area contributed by atoms with Crippen LogP contribution in [0.1, 0.15) is 244 Å². The molecule has 1 heterocycles. The Kier molecular flexibility index (Phi) is 14.4. The Morgan fingerprint density at radius 1 is 0.322 bits per heavy atom. The Balaban J connectivity index is 0.855. The molecule has 0 radical (unpaired) electrons. The molecule has 59 heavy (non-hydrogen) atoms. The van der Waals surface area contributed by atoms with Gasteiger partial charge < -0.3 is 0 Å². The number of nitrogens with zero attached hydrogens (tertiary/aromatic N) is 4. The van der Waals surface area contributed by atoms with E-state index < -0.39 is 0 Å². The molecule has 4 heteroatoms. The molecule has 0 bridgehead atoms. The molecule has 9 saturated carbocycles. The zero-order valence-corrected chi connectivity index (χ0v) is 38.4. The van der Waals surface area contributed by atoms with Gasteiger partial charge in [-0.25, -0.2) is 0 Å². The fourth-order valence-electron chi connectivity index (χ4n) is 18.4. The molecule has 1 saturated heterocycles. The largest absolute Gasteiger partial charge is 0.294 e. The second kappa shape index (κ2) is 20.0. The van der Waals surface area contributed by atoms with Crippen LogP contribution in [0.25, 0.3) is 0 Å². The number of nitriles is 1. The zero-order chi connectivity index (χ0) is 39.5. The highest BCUT2D eigenvalue weighted by Gasteiger charge is 2.56. The highest BCUT2D eigenvalue weighted by atomic mass is 15.3. The first-order valence-electron chi connectivity index (χ1n) is 28.0. The van der Waals surface area contributed by atoms with E-state index in [1.807, 2.05) is 0 Å². The molecule has 0 N–H and O–H groups in total. The van der Waals surface area contributed by atoms with E-state index in [9.17, 15) is 5.26 Å². The summed E-state index contributed by atoms with van der Waals surface area (Å²) in [6.07, 6.45) is 56.3. The van der Waals surface area contributed by atoms with Gasteiger partial charge in [0, 0.05) is 60.3 Å². The third kappa shape index (κ3) is 9.19. The van der Waals surface area contributed by atoms with Crippen LogP contribution in [0.4, 0.5) is 0 Å². The lowest BCUT2D eigenvalue weighted by Gasteiger charge is -2.51. The third-order valence-electron chi connectivity index (χ3n) is 21.0. The smallest absolute Gasteiger partial charge is 0.0658 e. The molecule has 10 aliphatic rings. The monoisotopic (exact) mass is 809 g/mol. The van der Waals surface area contributed by atoms with Crippen LogP contribution >= 0.6 is 0 Å². The van der Waals surface area contributed by atoms with Crippen molar-refractivity contribution in [1.82, 2.24) is 14.7 Å². The number of likely N-dealkylation sites (tertiary alicyclic amines) is 1. The summed E-state index contributed by atoms with van der Waals surface area (Å²) in [5.74, 6) is 5.84. The van der Waals surface area contributed by atoms with E-state index in [1.54, 1.807) is 12.8 Å². The van der Waals surface area contributed by atoms with Gasteiger partial charge in [0.1, 0.15) is 0 Å². The summed E-state index contributed by atoms with van der Waals surface area (Å²) >= 11 is 0. The molecule has 9 aliphatic carbocycles. The number of rotatable bonds is 9. The Morgan fingerprint density at radius 3 is 1.12 bits per heavy atom. The average molecular weight is 809 g/mol. The molecule has 0 aromatic heterocycles. The molecule has 4 nitrogen and oxygen atoms in total. The summed E-state index contributed by atoms with van der Waals surface area (Å²) < 4.78 is 0. The predicted octanol–water partition coefficient (Wildman–Crippen LogP) is 14.0. The first-order chi connectivity index (χ1) is 29.2. The van der Waals surface area contributed by atoms with Gasteiger partial charge in [0.15, 0.2) is 0 Å². The molecular formula is C55H92N4. The summed E-state index contributed by atoms with van der Waals surface area (Å²) in [5, 5.41) is 9.94. The minimum Gasteiger partial charge on any atom is -0.294 e. The standard InChI is InChI=1S/C55H92N4/c56-39-43-15-13-14-24-51(43)42-27-25-40(26-28-42)41-29-31-48(32-30-41)59-54-35-33-49(57(44-16-5-1-6-17-44)45-18-7-2-8-19-45)37-52(54)53-38-50(34-36-55(53)59)58(46-20-9-3-10-21-46)47-22-11-4-12-23-47/h40-55H,1-38H2. The van der Waals surface area contributed by atoms with Crippen molar-refractivity contribution < 1.29 is 0 Å². The van der Waals surface area contributed by atoms with Gasteiger partial charge in [-0.1, -0.05) is 89.9 Å². The van der Waals surface area contributed by atoms with E-state index >= 15 is 0 Å². The summed E-state index contributed by atoms with van der Waals surface area (Å²) in [6, 6.07) is 10.7. The maximum absolute atomic E-state index is 9.94. The lowest BCUT2D eigenvalue weighted by molar-refractivity contribution is -0.00956. The van der Waals surface area contributed by atoms with Crippen LogP contribution in [0.15, 0.2) is 0 Å². The minimum atomic E-state index is 0.365. The maximum atomic E-state index is 9.94. The van der Waals surface area contributed by atoms with E-state index in [4.69, 9.17) is 0 Å². The first kappa shape index (κ1) is 42.3. The molecule has 0 spiro atoms. The van der Waals surface area contributed by atoms with Crippen molar-refractivity contribution in [2.45, 2.75) is 298 Å². The third-order valence-corrected chi connectivity index (χ3v) is 21.0. The van der Waals surface area contributed by atoms with Crippen molar-refractivity contribution in [2.75, 3.05) is 0 Å². The van der Waals surface area contributed by atoms with Crippen molar-refractivity contribution in [1.29, 1.82) is 5.26 Å². The van der Waals surface area contributed by atoms with E-state index in [1.165, 1.54) is 231 Å². The average Bonchev–Trinajstić information content (AvgIpc) is 3.64. The van der Waals surface area contributed by atoms with Crippen LogP contribution < -0.4 is 0 Å². The van der Waals surface area contributed by atoms with Gasteiger partial charge in [-0.05, 0) is 190 Å². The van der Waals surface area contributed by atoms with Crippen molar-refractivity contribution in [2.24, 2.45) is 41.4 Å². The van der Waals surface area contributed by atoms with Crippen LogP contribution in [-0.4, -0.2) is 69.1 Å². The van der Waals surface area contributed by atoms with Gasteiger partial charge in [-0.15, -0.1) is 0 Å². The van der Waals surface area contributed by atoms with Gasteiger partial charge in [-0.2, -0.15) is 5.26 Å². The van der Waals surface area contributed by atoms with Gasteiger partial charge in [0.2, 0.25) is 0 Å². The molecule has 332 valence electrons. The van der Waals surface area contributed by atoms with E-state index in [0.717, 1.165) is 89.9 Å². The quantitative estimate of drug-likeness (QED) is 0.232. The predicted molar refractivity (Wildman–Crippen MR) is 245 cm³/mol. The van der Waals surface area contributed by atoms with Crippen LogP contribution in [0.5, 0.6) is 0 Å². The van der Waals surface area contributed by atoms with E-state index in [-0.39, 0.29) is 0 Å². The Morgan fingerprint density at radius 2 is 0.695 bits per heavy atom. The molecule has 10 fully saturated rings. The van der Waals surface area contributed by atoms with Gasteiger partial charge in [-0.3, -0.25) is 14.7 Å². The number of hydrogen-bond acceptors (Lipinski definition) is 4. The highest BCUT2D eigenvalue weighted by molar-refractivity contribution is 5.11. The van der Waals surface area contributed by atoms with E-state index in [0.29, 0.717) is 5.92 Å². The normalized spacial score (nSPS) is 43.0. The highest BCUT2D eigenvalue weighted by Crippen LogP contribution is 2.55. The zero-order valence-electron chi connectivity index (χ0n) is 38.4. The number of hydrogen-bond donors (Lipinski definition) is 0. The maximum Gasteiger partial charge on any atom is 0.0658 e. The Labute approximate surface area is 364 Å². The second-order valence-corrected chi connectivity index (χ2v) is 23.8. The van der Waals surface area contributed by atoms with Gasteiger partial charge >= 0.3 is 0 Å². The molecule has 10 rings (SSSR count). The minimum absolute atomic E-state index is 0.365. The Hall–Kier alpha value is -0.630. The van der Waals surface area contributed by atoms with Crippen LogP contribution in [-0.2, 0) is 0 Å². The summed E-state index contributed by atoms with van der Waals surface area (Å²) in [5.41, 5.74) is 0. The number of fused-ring (bicyclic) bond motifs is 3.